The molecule has 23 heavy (non-hydrogen) atoms. The Morgan fingerprint density at radius 1 is 1.26 bits per heavy atom. The average Bonchev–Trinajstić information content (AvgIpc) is 2.83. The number of methoxy groups -OCH3 is 1. The molecule has 0 spiro atoms. The van der Waals surface area contributed by atoms with Crippen LogP contribution in [0.2, 0.25) is 0 Å². The fourth-order valence-electron chi connectivity index (χ4n) is 5.55. The highest BCUT2D eigenvalue weighted by molar-refractivity contribution is 5.99. The molecular weight excluding hydrogens is 292 g/mol. The summed E-state index contributed by atoms with van der Waals surface area (Å²) in [6, 6.07) is 3.43. The number of rotatable bonds is 1. The number of phenols is 1. The van der Waals surface area contributed by atoms with Crippen molar-refractivity contribution in [2.75, 3.05) is 7.11 Å². The Labute approximate surface area is 136 Å². The molecule has 2 saturated carbocycles. The maximum Gasteiger partial charge on any atom is 0.163 e. The van der Waals surface area contributed by atoms with Crippen molar-refractivity contribution >= 4 is 5.78 Å². The molecule has 0 aromatic heterocycles. The van der Waals surface area contributed by atoms with E-state index in [9.17, 15) is 15.0 Å². The quantitative estimate of drug-likeness (QED) is 0.834. The molecule has 4 nitrogen and oxygen atoms in total. The normalized spacial score (nSPS) is 38.7. The van der Waals surface area contributed by atoms with Gasteiger partial charge in [0.15, 0.2) is 17.3 Å². The predicted molar refractivity (Wildman–Crippen MR) is 85.9 cm³/mol. The Morgan fingerprint density at radius 3 is 2.78 bits per heavy atom. The van der Waals surface area contributed by atoms with E-state index < -0.39 is 0 Å². The lowest BCUT2D eigenvalue weighted by atomic mass is 9.55. The number of ether oxygens (including phenoxy) is 1. The summed E-state index contributed by atoms with van der Waals surface area (Å²) in [4.78, 5) is 12.7. The fourth-order valence-corrected chi connectivity index (χ4v) is 5.55. The van der Waals surface area contributed by atoms with Crippen LogP contribution in [0, 0.1) is 17.3 Å². The largest absolute Gasteiger partial charge is 0.504 e. The van der Waals surface area contributed by atoms with E-state index in [0.29, 0.717) is 35.5 Å². The number of phenolic OH excluding ortho intramolecular Hbond substituents is 1. The molecular formula is C19H24O4. The third-order valence-electron chi connectivity index (χ3n) is 6.86. The summed E-state index contributed by atoms with van der Waals surface area (Å²) in [5, 5.41) is 20.4. The zero-order valence-corrected chi connectivity index (χ0v) is 13.7. The van der Waals surface area contributed by atoms with Crippen molar-refractivity contribution in [2.24, 2.45) is 17.3 Å². The van der Waals surface area contributed by atoms with Gasteiger partial charge in [-0.05, 0) is 66.5 Å². The monoisotopic (exact) mass is 316 g/mol. The Morgan fingerprint density at radius 2 is 2.04 bits per heavy atom. The van der Waals surface area contributed by atoms with Crippen LogP contribution in [0.5, 0.6) is 11.5 Å². The van der Waals surface area contributed by atoms with Crippen molar-refractivity contribution in [1.29, 1.82) is 0 Å². The smallest absolute Gasteiger partial charge is 0.163 e. The van der Waals surface area contributed by atoms with E-state index in [1.807, 2.05) is 6.07 Å². The maximum absolute atomic E-state index is 12.7. The van der Waals surface area contributed by atoms with Crippen molar-refractivity contribution < 1.29 is 19.7 Å². The van der Waals surface area contributed by atoms with Crippen LogP contribution in [-0.2, 0) is 0 Å². The van der Waals surface area contributed by atoms with Gasteiger partial charge in [-0.15, -0.1) is 0 Å². The number of hydrogen-bond donors (Lipinski definition) is 2. The Bertz CT molecular complexity index is 668. The standard InChI is InChI=1S/C19H24O4/c1-19-6-5-10-11-9-17(23-2)16(21)8-13(11)15(20)7-12(10)14(19)3-4-18(19)22/h8-10,12,14,18,21-22H,3-7H2,1-2H3/t10-,12-,14+,18+,19+/m1/s1. The van der Waals surface area contributed by atoms with Gasteiger partial charge in [-0.3, -0.25) is 4.79 Å². The van der Waals surface area contributed by atoms with E-state index in [2.05, 4.69) is 6.92 Å². The Balaban J connectivity index is 1.78. The van der Waals surface area contributed by atoms with Gasteiger partial charge in [0.1, 0.15) is 0 Å². The van der Waals surface area contributed by atoms with Crippen LogP contribution in [0.1, 0.15) is 60.9 Å². The number of carbonyl (C=O) groups is 1. The first-order valence-electron chi connectivity index (χ1n) is 8.58. The van der Waals surface area contributed by atoms with Gasteiger partial charge in [0.05, 0.1) is 13.2 Å². The van der Waals surface area contributed by atoms with Crippen molar-refractivity contribution in [3.63, 3.8) is 0 Å². The second-order valence-corrected chi connectivity index (χ2v) is 7.75. The molecule has 0 amide bonds. The van der Waals surface area contributed by atoms with Gasteiger partial charge in [0, 0.05) is 12.0 Å². The molecule has 124 valence electrons. The number of carbonyl (C=O) groups excluding carboxylic acids is 1. The second kappa shape index (κ2) is 4.97. The Kier molecular flexibility index (Phi) is 3.24. The highest BCUT2D eigenvalue weighted by Gasteiger charge is 2.55. The van der Waals surface area contributed by atoms with E-state index in [4.69, 9.17) is 4.74 Å². The molecule has 0 radical (unpaired) electrons. The number of aliphatic hydroxyl groups is 1. The van der Waals surface area contributed by atoms with Crippen LogP contribution in [0.4, 0.5) is 0 Å². The van der Waals surface area contributed by atoms with Gasteiger partial charge < -0.3 is 14.9 Å². The van der Waals surface area contributed by atoms with Crippen molar-refractivity contribution in [3.05, 3.63) is 23.3 Å². The number of hydrogen-bond acceptors (Lipinski definition) is 4. The molecule has 2 N–H and O–H groups in total. The van der Waals surface area contributed by atoms with Crippen LogP contribution in [0.3, 0.4) is 0 Å². The van der Waals surface area contributed by atoms with Gasteiger partial charge in [0.2, 0.25) is 0 Å². The number of aromatic hydroxyl groups is 1. The molecule has 3 aliphatic rings. The highest BCUT2D eigenvalue weighted by Crippen LogP contribution is 2.61. The SMILES string of the molecule is COc1cc2c(cc1O)C(=O)C[C@@H]1[C@@H]2CC[C@]2(C)[C@@H](O)CC[C@@H]12. The Hall–Kier alpha value is -1.55. The molecule has 0 saturated heterocycles. The summed E-state index contributed by atoms with van der Waals surface area (Å²) >= 11 is 0. The summed E-state index contributed by atoms with van der Waals surface area (Å²) < 4.78 is 5.25. The minimum absolute atomic E-state index is 0.0370. The molecule has 0 aliphatic heterocycles. The van der Waals surface area contributed by atoms with Gasteiger partial charge in [-0.25, -0.2) is 0 Å². The molecule has 0 unspecified atom stereocenters. The third-order valence-corrected chi connectivity index (χ3v) is 6.86. The summed E-state index contributed by atoms with van der Waals surface area (Å²) in [5.41, 5.74) is 1.65. The maximum atomic E-state index is 12.7. The van der Waals surface area contributed by atoms with E-state index >= 15 is 0 Å². The van der Waals surface area contributed by atoms with Gasteiger partial charge >= 0.3 is 0 Å². The number of Topliss-reactive ketones (excluding diaryl/α,β-unsaturated/α-hetero) is 1. The van der Waals surface area contributed by atoms with Crippen molar-refractivity contribution in [2.45, 2.75) is 51.0 Å². The summed E-state index contributed by atoms with van der Waals surface area (Å²) in [6.07, 6.45) is 4.15. The number of aliphatic hydroxyl groups excluding tert-OH is 1. The highest BCUT2D eigenvalue weighted by atomic mass is 16.5. The molecule has 5 atom stereocenters. The summed E-state index contributed by atoms with van der Waals surface area (Å²) in [5.74, 6) is 1.64. The number of fused-ring (bicyclic) bond motifs is 5. The lowest BCUT2D eigenvalue weighted by molar-refractivity contribution is -0.0208. The molecule has 4 heteroatoms. The molecule has 2 fully saturated rings. The zero-order valence-electron chi connectivity index (χ0n) is 13.7. The lowest BCUT2D eigenvalue weighted by Gasteiger charge is -2.49. The average molecular weight is 316 g/mol. The first-order chi connectivity index (χ1) is 11.0. The molecule has 0 bridgehead atoms. The van der Waals surface area contributed by atoms with Crippen LogP contribution < -0.4 is 4.74 Å². The van der Waals surface area contributed by atoms with Crippen molar-refractivity contribution in [3.8, 4) is 11.5 Å². The number of ketones is 1. The number of benzene rings is 1. The lowest BCUT2D eigenvalue weighted by Crippen LogP contribution is -2.44. The topological polar surface area (TPSA) is 66.8 Å². The van der Waals surface area contributed by atoms with Gasteiger partial charge in [-0.2, -0.15) is 0 Å². The summed E-state index contributed by atoms with van der Waals surface area (Å²) in [6.45, 7) is 2.20. The molecule has 3 aliphatic carbocycles. The second-order valence-electron chi connectivity index (χ2n) is 7.75. The fraction of sp³-hybridized carbons (Fsp3) is 0.632. The molecule has 1 aromatic carbocycles. The van der Waals surface area contributed by atoms with Crippen molar-refractivity contribution in [1.82, 2.24) is 0 Å². The molecule has 0 heterocycles. The first kappa shape index (κ1) is 15.0. The summed E-state index contributed by atoms with van der Waals surface area (Å²) in [7, 11) is 1.54. The van der Waals surface area contributed by atoms with Crippen LogP contribution in [0.25, 0.3) is 0 Å². The minimum atomic E-state index is -0.237. The van der Waals surface area contributed by atoms with Gasteiger partial charge in [-0.1, -0.05) is 6.92 Å². The molecule has 4 rings (SSSR count). The van der Waals surface area contributed by atoms with E-state index in [1.165, 1.54) is 7.11 Å². The molecule has 1 aromatic rings. The van der Waals surface area contributed by atoms with E-state index in [-0.39, 0.29) is 23.1 Å². The first-order valence-corrected chi connectivity index (χ1v) is 8.58. The third kappa shape index (κ3) is 1.97. The van der Waals surface area contributed by atoms with Gasteiger partial charge in [0.25, 0.3) is 0 Å². The van der Waals surface area contributed by atoms with E-state index in [1.54, 1.807) is 6.07 Å². The van der Waals surface area contributed by atoms with E-state index in [0.717, 1.165) is 31.2 Å². The van der Waals surface area contributed by atoms with Crippen LogP contribution in [0.15, 0.2) is 12.1 Å². The minimum Gasteiger partial charge on any atom is -0.504 e. The van der Waals surface area contributed by atoms with Crippen LogP contribution in [-0.4, -0.2) is 29.2 Å². The zero-order chi connectivity index (χ0) is 16.4. The van der Waals surface area contributed by atoms with Crippen LogP contribution >= 0.6 is 0 Å². The predicted octanol–water partition coefficient (Wildman–Crippen LogP) is 3.26.